The molecule has 0 amide bonds. The van der Waals surface area contributed by atoms with Crippen LogP contribution in [0.25, 0.3) is 0 Å². The Labute approximate surface area is 103 Å². The first-order valence-electron chi connectivity index (χ1n) is 6.39. The summed E-state index contributed by atoms with van der Waals surface area (Å²) in [5.41, 5.74) is 3.68. The van der Waals surface area contributed by atoms with E-state index in [1.54, 1.807) is 0 Å². The molecule has 1 fully saturated rings. The number of likely N-dealkylation sites (tertiary alicyclic amines) is 1. The Kier molecular flexibility index (Phi) is 3.97. The van der Waals surface area contributed by atoms with Crippen LogP contribution >= 0.6 is 0 Å². The standard InChI is InChI=1S/C13H22N4/c1-10-5-3-6-11(2)17(10)9-12-7-4-8-13(15-12)16-14/h4,7-8,10-11H,3,5-6,9,14H2,1-2H3,(H,15,16). The minimum atomic E-state index is 0.648. The molecule has 1 aromatic heterocycles. The predicted molar refractivity (Wildman–Crippen MR) is 70.4 cm³/mol. The topological polar surface area (TPSA) is 54.2 Å². The van der Waals surface area contributed by atoms with Gasteiger partial charge in [0.25, 0.3) is 0 Å². The van der Waals surface area contributed by atoms with Crippen LogP contribution in [-0.2, 0) is 6.54 Å². The number of nitrogens with zero attached hydrogens (tertiary/aromatic N) is 2. The summed E-state index contributed by atoms with van der Waals surface area (Å²) in [4.78, 5) is 7.01. The normalized spacial score (nSPS) is 25.8. The minimum Gasteiger partial charge on any atom is -0.308 e. The molecule has 2 heterocycles. The van der Waals surface area contributed by atoms with Crippen molar-refractivity contribution in [2.45, 2.75) is 51.7 Å². The molecule has 1 aromatic rings. The van der Waals surface area contributed by atoms with Crippen molar-refractivity contribution in [2.75, 3.05) is 5.43 Å². The van der Waals surface area contributed by atoms with Crippen molar-refractivity contribution in [3.63, 3.8) is 0 Å². The average molecular weight is 234 g/mol. The third-order valence-corrected chi connectivity index (χ3v) is 3.68. The summed E-state index contributed by atoms with van der Waals surface area (Å²) >= 11 is 0. The number of hydrazine groups is 1. The van der Waals surface area contributed by atoms with Gasteiger partial charge in [0.05, 0.1) is 5.69 Å². The Bertz CT molecular complexity index is 356. The van der Waals surface area contributed by atoms with Crippen LogP contribution in [0.3, 0.4) is 0 Å². The second-order valence-corrected chi connectivity index (χ2v) is 4.96. The van der Waals surface area contributed by atoms with Crippen molar-refractivity contribution >= 4 is 5.82 Å². The van der Waals surface area contributed by atoms with Crippen molar-refractivity contribution < 1.29 is 0 Å². The summed E-state index contributed by atoms with van der Waals surface area (Å²) in [5, 5.41) is 0. The van der Waals surface area contributed by atoms with Gasteiger partial charge in [-0.15, -0.1) is 0 Å². The number of pyridine rings is 1. The Hall–Kier alpha value is -1.13. The summed E-state index contributed by atoms with van der Waals surface area (Å²) < 4.78 is 0. The molecule has 3 N–H and O–H groups in total. The molecule has 0 radical (unpaired) electrons. The fourth-order valence-electron chi connectivity index (χ4n) is 2.62. The summed E-state index contributed by atoms with van der Waals surface area (Å²) in [5.74, 6) is 6.12. The number of hydrogen-bond acceptors (Lipinski definition) is 4. The van der Waals surface area contributed by atoms with Gasteiger partial charge in [0.15, 0.2) is 0 Å². The van der Waals surface area contributed by atoms with Crippen molar-refractivity contribution in [1.29, 1.82) is 0 Å². The molecule has 2 atom stereocenters. The highest BCUT2D eigenvalue weighted by atomic mass is 15.3. The van der Waals surface area contributed by atoms with Gasteiger partial charge < -0.3 is 5.43 Å². The zero-order valence-corrected chi connectivity index (χ0v) is 10.7. The van der Waals surface area contributed by atoms with E-state index >= 15 is 0 Å². The third-order valence-electron chi connectivity index (χ3n) is 3.68. The molecule has 17 heavy (non-hydrogen) atoms. The van der Waals surface area contributed by atoms with E-state index in [0.29, 0.717) is 12.1 Å². The van der Waals surface area contributed by atoms with Crippen LogP contribution in [-0.4, -0.2) is 22.0 Å². The third kappa shape index (κ3) is 2.96. The Morgan fingerprint density at radius 2 is 2.06 bits per heavy atom. The summed E-state index contributed by atoms with van der Waals surface area (Å²) in [7, 11) is 0. The highest BCUT2D eigenvalue weighted by Gasteiger charge is 2.24. The van der Waals surface area contributed by atoms with E-state index in [2.05, 4.69) is 35.2 Å². The number of rotatable bonds is 3. The molecule has 4 heteroatoms. The first-order chi connectivity index (χ1) is 8.20. The number of nitrogens with one attached hydrogen (secondary N) is 1. The molecule has 2 unspecified atom stereocenters. The zero-order chi connectivity index (χ0) is 12.3. The average Bonchev–Trinajstić information content (AvgIpc) is 2.34. The molecule has 0 spiro atoms. The molecule has 2 rings (SSSR count). The maximum atomic E-state index is 5.38. The molecule has 0 aliphatic carbocycles. The second-order valence-electron chi connectivity index (χ2n) is 4.96. The fourth-order valence-corrected chi connectivity index (χ4v) is 2.62. The van der Waals surface area contributed by atoms with Crippen LogP contribution in [0.5, 0.6) is 0 Å². The molecule has 1 aliphatic heterocycles. The summed E-state index contributed by atoms with van der Waals surface area (Å²) in [6.45, 7) is 5.53. The maximum Gasteiger partial charge on any atom is 0.140 e. The molecule has 4 nitrogen and oxygen atoms in total. The number of nitrogen functional groups attached to an aromatic ring is 1. The van der Waals surface area contributed by atoms with Gasteiger partial charge in [0, 0.05) is 18.6 Å². The van der Waals surface area contributed by atoms with E-state index in [1.807, 2.05) is 12.1 Å². The van der Waals surface area contributed by atoms with E-state index < -0.39 is 0 Å². The first kappa shape index (κ1) is 12.3. The summed E-state index contributed by atoms with van der Waals surface area (Å²) in [6, 6.07) is 7.24. The fraction of sp³-hybridized carbons (Fsp3) is 0.615. The molecule has 0 bridgehead atoms. The lowest BCUT2D eigenvalue weighted by Crippen LogP contribution is -2.43. The number of anilines is 1. The lowest BCUT2D eigenvalue weighted by molar-refractivity contribution is 0.0939. The SMILES string of the molecule is CC1CCCC(C)N1Cc1cccc(NN)n1. The highest BCUT2D eigenvalue weighted by Crippen LogP contribution is 2.24. The lowest BCUT2D eigenvalue weighted by Gasteiger charge is -2.38. The number of hydrogen-bond donors (Lipinski definition) is 2. The van der Waals surface area contributed by atoms with Gasteiger partial charge >= 0.3 is 0 Å². The predicted octanol–water partition coefficient (Wildman–Crippen LogP) is 2.13. The van der Waals surface area contributed by atoms with Gasteiger partial charge in [0.1, 0.15) is 5.82 Å². The monoisotopic (exact) mass is 234 g/mol. The van der Waals surface area contributed by atoms with Crippen molar-refractivity contribution in [1.82, 2.24) is 9.88 Å². The van der Waals surface area contributed by atoms with Gasteiger partial charge in [0.2, 0.25) is 0 Å². The van der Waals surface area contributed by atoms with Gasteiger partial charge in [-0.1, -0.05) is 12.5 Å². The quantitative estimate of drug-likeness (QED) is 0.621. The second kappa shape index (κ2) is 5.47. The van der Waals surface area contributed by atoms with Crippen LogP contribution in [0.4, 0.5) is 5.82 Å². The van der Waals surface area contributed by atoms with Crippen molar-refractivity contribution in [3.05, 3.63) is 23.9 Å². The molecular weight excluding hydrogens is 212 g/mol. The van der Waals surface area contributed by atoms with Crippen LogP contribution in [0.15, 0.2) is 18.2 Å². The van der Waals surface area contributed by atoms with Crippen molar-refractivity contribution in [3.8, 4) is 0 Å². The van der Waals surface area contributed by atoms with Crippen LogP contribution in [0, 0.1) is 0 Å². The van der Waals surface area contributed by atoms with Gasteiger partial charge in [-0.25, -0.2) is 10.8 Å². The number of nitrogens with two attached hydrogens (primary N) is 1. The minimum absolute atomic E-state index is 0.648. The van der Waals surface area contributed by atoms with Crippen LogP contribution in [0.1, 0.15) is 38.8 Å². The van der Waals surface area contributed by atoms with E-state index in [9.17, 15) is 0 Å². The molecule has 94 valence electrons. The highest BCUT2D eigenvalue weighted by molar-refractivity contribution is 5.33. The van der Waals surface area contributed by atoms with E-state index in [1.165, 1.54) is 19.3 Å². The van der Waals surface area contributed by atoms with Gasteiger partial charge in [-0.2, -0.15) is 0 Å². The smallest absolute Gasteiger partial charge is 0.140 e. The van der Waals surface area contributed by atoms with Crippen molar-refractivity contribution in [2.24, 2.45) is 5.84 Å². The summed E-state index contributed by atoms with van der Waals surface area (Å²) in [6.07, 6.45) is 3.93. The van der Waals surface area contributed by atoms with Crippen LogP contribution < -0.4 is 11.3 Å². The molecule has 1 aliphatic rings. The zero-order valence-electron chi connectivity index (χ0n) is 10.7. The molecule has 1 saturated heterocycles. The van der Waals surface area contributed by atoms with E-state index in [-0.39, 0.29) is 0 Å². The molecule has 0 aromatic carbocycles. The number of piperidine rings is 1. The lowest BCUT2D eigenvalue weighted by atomic mass is 9.97. The Balaban J connectivity index is 2.07. The molecule has 0 saturated carbocycles. The van der Waals surface area contributed by atoms with E-state index in [4.69, 9.17) is 5.84 Å². The van der Waals surface area contributed by atoms with Gasteiger partial charge in [-0.05, 0) is 38.8 Å². The maximum absolute atomic E-state index is 5.38. The van der Waals surface area contributed by atoms with E-state index in [0.717, 1.165) is 18.1 Å². The Morgan fingerprint density at radius 3 is 2.71 bits per heavy atom. The Morgan fingerprint density at radius 1 is 1.35 bits per heavy atom. The van der Waals surface area contributed by atoms with Crippen LogP contribution in [0.2, 0.25) is 0 Å². The van der Waals surface area contributed by atoms with Gasteiger partial charge in [-0.3, -0.25) is 4.90 Å². The number of aromatic nitrogens is 1. The largest absolute Gasteiger partial charge is 0.308 e. The first-order valence-corrected chi connectivity index (χ1v) is 6.39. The molecular formula is C13H22N4.